The molecule has 3 aromatic carbocycles. The lowest BCUT2D eigenvalue weighted by atomic mass is 10.1. The summed E-state index contributed by atoms with van der Waals surface area (Å²) >= 11 is 1.74. The molecule has 0 radical (unpaired) electrons. The number of hydrazone groups is 1. The molecule has 1 amide bonds. The molecule has 0 bridgehead atoms. The van der Waals surface area contributed by atoms with Crippen molar-refractivity contribution in [3.8, 4) is 5.75 Å². The number of anilines is 2. The molecule has 0 unspecified atom stereocenters. The molecule has 1 aliphatic rings. The Hall–Kier alpha value is -3.25. The van der Waals surface area contributed by atoms with E-state index in [0.717, 1.165) is 38.7 Å². The number of nitrogens with zero attached hydrogens (tertiary/aromatic N) is 1. The molecule has 1 heterocycles. The topological polar surface area (TPSA) is 62.7 Å². The first kappa shape index (κ1) is 20.0. The van der Waals surface area contributed by atoms with E-state index in [1.807, 2.05) is 57.2 Å². The van der Waals surface area contributed by atoms with Crippen LogP contribution < -0.4 is 15.5 Å². The second-order valence-corrected chi connectivity index (χ2v) is 8.31. The molecule has 4 rings (SSSR count). The molecule has 0 fully saturated rings. The molecule has 1 aliphatic heterocycles. The molecule has 6 heteroatoms. The van der Waals surface area contributed by atoms with Crippen molar-refractivity contribution in [3.63, 3.8) is 0 Å². The Bertz CT molecular complexity index is 1140. The van der Waals surface area contributed by atoms with E-state index in [1.54, 1.807) is 11.8 Å². The van der Waals surface area contributed by atoms with Crippen LogP contribution in [0, 0.1) is 13.8 Å². The minimum absolute atomic E-state index is 0.0831. The third kappa shape index (κ3) is 4.49. The second-order valence-electron chi connectivity index (χ2n) is 7.22. The van der Waals surface area contributed by atoms with E-state index >= 15 is 0 Å². The van der Waals surface area contributed by atoms with Gasteiger partial charge in [-0.3, -0.25) is 4.79 Å². The minimum atomic E-state index is -0.296. The number of carbonyl (C=O) groups excluding carboxylic acids is 1. The van der Waals surface area contributed by atoms with Gasteiger partial charge in [-0.15, -0.1) is 0 Å². The van der Waals surface area contributed by atoms with Gasteiger partial charge < -0.3 is 10.1 Å². The normalized spacial score (nSPS) is 12.4. The van der Waals surface area contributed by atoms with Crippen molar-refractivity contribution in [2.45, 2.75) is 30.6 Å². The summed E-state index contributed by atoms with van der Waals surface area (Å²) in [5.41, 5.74) is 8.46. The fraction of sp³-hybridized carbons (Fsp3) is 0.167. The van der Waals surface area contributed by atoms with Crippen LogP contribution in [0.5, 0.6) is 5.75 Å². The number of rotatable bonds is 5. The summed E-state index contributed by atoms with van der Waals surface area (Å²) in [5, 5.41) is 7.71. The molecule has 152 valence electrons. The fourth-order valence-electron chi connectivity index (χ4n) is 3.11. The lowest BCUT2D eigenvalue weighted by Crippen LogP contribution is -2.25. The van der Waals surface area contributed by atoms with Gasteiger partial charge in [-0.05, 0) is 67.8 Å². The molecule has 0 spiro atoms. The van der Waals surface area contributed by atoms with Crippen LogP contribution in [-0.2, 0) is 4.79 Å². The molecule has 30 heavy (non-hydrogen) atoms. The lowest BCUT2D eigenvalue weighted by Gasteiger charge is -2.21. The molecule has 0 saturated heterocycles. The summed E-state index contributed by atoms with van der Waals surface area (Å²) in [4.78, 5) is 14.5. The van der Waals surface area contributed by atoms with Crippen molar-refractivity contribution in [2.24, 2.45) is 5.10 Å². The van der Waals surface area contributed by atoms with E-state index in [4.69, 9.17) is 4.74 Å². The van der Waals surface area contributed by atoms with E-state index < -0.39 is 0 Å². The van der Waals surface area contributed by atoms with Crippen LogP contribution in [0.1, 0.15) is 23.6 Å². The number of fused-ring (bicyclic) bond motifs is 2. The highest BCUT2D eigenvalue weighted by Gasteiger charge is 2.16. The van der Waals surface area contributed by atoms with E-state index in [0.29, 0.717) is 5.75 Å². The average molecular weight is 418 g/mol. The fourth-order valence-corrected chi connectivity index (χ4v) is 4.08. The van der Waals surface area contributed by atoms with Gasteiger partial charge in [-0.2, -0.15) is 5.10 Å². The molecule has 5 nitrogen and oxygen atoms in total. The van der Waals surface area contributed by atoms with Gasteiger partial charge in [0.2, 0.25) is 0 Å². The number of hydrogen-bond donors (Lipinski definition) is 2. The maximum atomic E-state index is 12.2. The maximum absolute atomic E-state index is 12.2. The van der Waals surface area contributed by atoms with Gasteiger partial charge in [0.25, 0.3) is 5.91 Å². The van der Waals surface area contributed by atoms with Crippen LogP contribution in [0.15, 0.2) is 75.6 Å². The largest absolute Gasteiger partial charge is 0.483 e. The van der Waals surface area contributed by atoms with Gasteiger partial charge >= 0.3 is 0 Å². The summed E-state index contributed by atoms with van der Waals surface area (Å²) in [5.74, 6) is 0.417. The van der Waals surface area contributed by atoms with Crippen molar-refractivity contribution in [1.29, 1.82) is 0 Å². The quantitative estimate of drug-likeness (QED) is 0.336. The number of amides is 1. The number of hydrogen-bond acceptors (Lipinski definition) is 5. The minimum Gasteiger partial charge on any atom is -0.483 e. The zero-order valence-corrected chi connectivity index (χ0v) is 18.0. The zero-order chi connectivity index (χ0) is 21.1. The van der Waals surface area contributed by atoms with Gasteiger partial charge in [0.1, 0.15) is 5.75 Å². The predicted molar refractivity (Wildman–Crippen MR) is 122 cm³/mol. The van der Waals surface area contributed by atoms with Gasteiger partial charge in [0.05, 0.1) is 17.1 Å². The summed E-state index contributed by atoms with van der Waals surface area (Å²) in [7, 11) is 0. The average Bonchev–Trinajstić information content (AvgIpc) is 2.76. The highest BCUT2D eigenvalue weighted by molar-refractivity contribution is 7.99. The number of para-hydroxylation sites is 1. The smallest absolute Gasteiger partial charge is 0.277 e. The standard InChI is InChI=1S/C24H23N3O2S/c1-15-8-9-16(2)21(12-15)29-14-24(28)27-26-17(3)18-10-11-23-20(13-18)25-19-6-4-5-7-22(19)30-23/h4-13,25H,14H2,1-3H3,(H,27,28)/b26-17-. The van der Waals surface area contributed by atoms with Gasteiger partial charge in [0.15, 0.2) is 6.61 Å². The number of aryl methyl sites for hydroxylation is 2. The second kappa shape index (κ2) is 8.63. The lowest BCUT2D eigenvalue weighted by molar-refractivity contribution is -0.123. The first-order chi connectivity index (χ1) is 14.5. The van der Waals surface area contributed by atoms with Crippen molar-refractivity contribution in [1.82, 2.24) is 5.43 Å². The first-order valence-electron chi connectivity index (χ1n) is 9.71. The number of nitrogens with one attached hydrogen (secondary N) is 2. The van der Waals surface area contributed by atoms with Crippen molar-refractivity contribution < 1.29 is 9.53 Å². The van der Waals surface area contributed by atoms with Crippen LogP contribution in [0.25, 0.3) is 0 Å². The third-order valence-corrected chi connectivity index (χ3v) is 5.98. The maximum Gasteiger partial charge on any atom is 0.277 e. The van der Waals surface area contributed by atoms with Gasteiger partial charge in [-0.25, -0.2) is 5.43 Å². The highest BCUT2D eigenvalue weighted by atomic mass is 32.2. The zero-order valence-electron chi connectivity index (χ0n) is 17.2. The van der Waals surface area contributed by atoms with E-state index in [1.165, 1.54) is 4.90 Å². The number of benzene rings is 3. The summed E-state index contributed by atoms with van der Waals surface area (Å²) in [6, 6.07) is 20.3. The molecule has 3 aromatic rings. The Labute approximate surface area is 180 Å². The first-order valence-corrected chi connectivity index (χ1v) is 10.5. The van der Waals surface area contributed by atoms with Crippen molar-refractivity contribution >= 4 is 34.8 Å². The highest BCUT2D eigenvalue weighted by Crippen LogP contribution is 2.44. The van der Waals surface area contributed by atoms with E-state index in [9.17, 15) is 4.79 Å². The molecule has 0 saturated carbocycles. The molecule has 0 aliphatic carbocycles. The molecular weight excluding hydrogens is 394 g/mol. The summed E-state index contributed by atoms with van der Waals surface area (Å²) in [6.07, 6.45) is 0. The Morgan fingerprint density at radius 3 is 2.70 bits per heavy atom. The molecule has 2 N–H and O–H groups in total. The Balaban J connectivity index is 1.39. The van der Waals surface area contributed by atoms with Crippen LogP contribution in [0.3, 0.4) is 0 Å². The van der Waals surface area contributed by atoms with E-state index in [2.05, 4.69) is 40.1 Å². The van der Waals surface area contributed by atoms with Gasteiger partial charge in [-0.1, -0.05) is 42.1 Å². The summed E-state index contributed by atoms with van der Waals surface area (Å²) in [6.45, 7) is 5.73. The summed E-state index contributed by atoms with van der Waals surface area (Å²) < 4.78 is 5.63. The SMILES string of the molecule is C/C(=N/NC(=O)COc1cc(C)ccc1C)c1ccc2c(c1)Nc1ccccc1S2. The van der Waals surface area contributed by atoms with E-state index in [-0.39, 0.29) is 12.5 Å². The predicted octanol–water partition coefficient (Wildman–Crippen LogP) is 5.43. The Morgan fingerprint density at radius 2 is 1.83 bits per heavy atom. The Morgan fingerprint density at radius 1 is 1.03 bits per heavy atom. The Kier molecular flexibility index (Phi) is 5.77. The van der Waals surface area contributed by atoms with Crippen LogP contribution in [0.4, 0.5) is 11.4 Å². The number of carbonyl (C=O) groups is 1. The number of ether oxygens (including phenoxy) is 1. The van der Waals surface area contributed by atoms with Crippen LogP contribution >= 0.6 is 11.8 Å². The third-order valence-electron chi connectivity index (χ3n) is 4.82. The molecule has 0 aromatic heterocycles. The monoisotopic (exact) mass is 417 g/mol. The van der Waals surface area contributed by atoms with Crippen LogP contribution in [-0.4, -0.2) is 18.2 Å². The molecule has 0 atom stereocenters. The molecular formula is C24H23N3O2S. The van der Waals surface area contributed by atoms with Crippen LogP contribution in [0.2, 0.25) is 0 Å². The van der Waals surface area contributed by atoms with Gasteiger partial charge in [0, 0.05) is 9.79 Å². The van der Waals surface area contributed by atoms with Crippen molar-refractivity contribution in [3.05, 3.63) is 77.4 Å². The van der Waals surface area contributed by atoms with Crippen molar-refractivity contribution in [2.75, 3.05) is 11.9 Å².